The molecule has 0 saturated heterocycles. The molecular weight excluding hydrogens is 398 g/mol. The molecule has 0 bridgehead atoms. The van der Waals surface area contributed by atoms with Crippen molar-refractivity contribution in [1.82, 2.24) is 5.32 Å². The lowest BCUT2D eigenvalue weighted by Crippen LogP contribution is -2.45. The fourth-order valence-corrected chi connectivity index (χ4v) is 2.81. The molecule has 1 unspecified atom stereocenters. The predicted molar refractivity (Wildman–Crippen MR) is 117 cm³/mol. The van der Waals surface area contributed by atoms with E-state index in [9.17, 15) is 14.4 Å². The minimum absolute atomic E-state index is 0.222. The Hall–Kier alpha value is -3.35. The van der Waals surface area contributed by atoms with Gasteiger partial charge in [0.2, 0.25) is 0 Å². The molecule has 0 aliphatic heterocycles. The molecule has 0 aromatic heterocycles. The summed E-state index contributed by atoms with van der Waals surface area (Å²) in [5.41, 5.74) is 0.808. The van der Waals surface area contributed by atoms with E-state index in [0.29, 0.717) is 35.8 Å². The van der Waals surface area contributed by atoms with Crippen LogP contribution in [-0.2, 0) is 9.53 Å². The maximum absolute atomic E-state index is 12.5. The molecule has 0 fully saturated rings. The van der Waals surface area contributed by atoms with Crippen LogP contribution in [0.2, 0.25) is 0 Å². The molecule has 7 nitrogen and oxygen atoms in total. The molecule has 0 spiro atoms. The van der Waals surface area contributed by atoms with Gasteiger partial charge in [-0.25, -0.2) is 4.79 Å². The second-order valence-corrected chi connectivity index (χ2v) is 7.14. The Bertz CT molecular complexity index is 874. The fraction of sp³-hybridized carbons (Fsp3) is 0.375. The third-order valence-electron chi connectivity index (χ3n) is 4.47. The van der Waals surface area contributed by atoms with E-state index in [4.69, 9.17) is 14.2 Å². The number of carbonyl (C=O) groups excluding carboxylic acids is 3. The first-order chi connectivity index (χ1) is 14.8. The monoisotopic (exact) mass is 427 g/mol. The lowest BCUT2D eigenvalue weighted by Gasteiger charge is -2.21. The van der Waals surface area contributed by atoms with Crippen molar-refractivity contribution in [3.63, 3.8) is 0 Å². The fourth-order valence-electron chi connectivity index (χ4n) is 2.81. The minimum Gasteiger partial charge on any atom is -0.494 e. The van der Waals surface area contributed by atoms with E-state index in [1.807, 2.05) is 13.8 Å². The molecule has 2 aromatic carbocycles. The van der Waals surface area contributed by atoms with Gasteiger partial charge in [0.25, 0.3) is 5.91 Å². The number of nitrogens with one attached hydrogen (secondary N) is 1. The Morgan fingerprint density at radius 2 is 1.29 bits per heavy atom. The molecule has 2 aromatic rings. The summed E-state index contributed by atoms with van der Waals surface area (Å²) in [4.78, 5) is 37.4. The number of hydrogen-bond acceptors (Lipinski definition) is 6. The van der Waals surface area contributed by atoms with Crippen LogP contribution < -0.4 is 14.8 Å². The number of ketones is 1. The molecule has 0 aliphatic carbocycles. The number of ether oxygens (including phenoxy) is 3. The Kier molecular flexibility index (Phi) is 9.06. The molecule has 0 saturated carbocycles. The number of Topliss-reactive ketones (excluding diaryl/α,β-unsaturated/α-hetero) is 1. The van der Waals surface area contributed by atoms with Gasteiger partial charge < -0.3 is 19.5 Å². The molecule has 7 heteroatoms. The van der Waals surface area contributed by atoms with Gasteiger partial charge in [-0.15, -0.1) is 0 Å². The zero-order valence-electron chi connectivity index (χ0n) is 18.3. The Labute approximate surface area is 182 Å². The van der Waals surface area contributed by atoms with Gasteiger partial charge >= 0.3 is 5.97 Å². The Morgan fingerprint density at radius 3 is 1.74 bits per heavy atom. The summed E-state index contributed by atoms with van der Waals surface area (Å²) in [5, 5.41) is 2.69. The van der Waals surface area contributed by atoms with E-state index >= 15 is 0 Å². The zero-order chi connectivity index (χ0) is 22.8. The van der Waals surface area contributed by atoms with Crippen molar-refractivity contribution in [3.8, 4) is 11.5 Å². The van der Waals surface area contributed by atoms with E-state index < -0.39 is 24.5 Å². The highest BCUT2D eigenvalue weighted by molar-refractivity contribution is 5.99. The van der Waals surface area contributed by atoms with E-state index in [1.165, 1.54) is 0 Å². The van der Waals surface area contributed by atoms with Crippen molar-refractivity contribution in [2.45, 2.75) is 33.7 Å². The normalized spacial score (nSPS) is 11.5. The van der Waals surface area contributed by atoms with Crippen molar-refractivity contribution in [3.05, 3.63) is 59.7 Å². The number of benzene rings is 2. The molecule has 0 radical (unpaired) electrons. The van der Waals surface area contributed by atoms with Gasteiger partial charge in [-0.1, -0.05) is 13.8 Å². The summed E-state index contributed by atoms with van der Waals surface area (Å²) >= 11 is 0. The average molecular weight is 427 g/mol. The number of hydrogen-bond donors (Lipinski definition) is 1. The molecule has 0 aliphatic rings. The third-order valence-corrected chi connectivity index (χ3v) is 4.47. The molecule has 31 heavy (non-hydrogen) atoms. The summed E-state index contributed by atoms with van der Waals surface area (Å²) < 4.78 is 15.9. The minimum atomic E-state index is -0.882. The van der Waals surface area contributed by atoms with Crippen LogP contribution in [-0.4, -0.2) is 43.5 Å². The first kappa shape index (κ1) is 23.9. The zero-order valence-corrected chi connectivity index (χ0v) is 18.3. The smallest absolute Gasteiger partial charge is 0.329 e. The summed E-state index contributed by atoms with van der Waals surface area (Å²) in [7, 11) is 0. The molecule has 1 amide bonds. The molecular formula is C24H29NO6. The SMILES string of the molecule is CCOc1ccc(C(=O)COC(=O)C(NC(=O)c2ccc(OCC)cc2)C(C)C)cc1. The maximum atomic E-state index is 12.5. The summed E-state index contributed by atoms with van der Waals surface area (Å²) in [6, 6.07) is 12.4. The van der Waals surface area contributed by atoms with E-state index in [-0.39, 0.29) is 11.7 Å². The van der Waals surface area contributed by atoms with Gasteiger partial charge in [-0.3, -0.25) is 9.59 Å². The third kappa shape index (κ3) is 7.13. The summed E-state index contributed by atoms with van der Waals surface area (Å²) in [5.74, 6) is -0.304. The second-order valence-electron chi connectivity index (χ2n) is 7.14. The first-order valence-corrected chi connectivity index (χ1v) is 10.3. The molecule has 166 valence electrons. The standard InChI is InChI=1S/C24H29NO6/c1-5-29-19-11-7-17(8-12-19)21(26)15-31-24(28)22(16(3)4)25-23(27)18-9-13-20(14-10-18)30-6-2/h7-14,16,22H,5-6,15H2,1-4H3,(H,25,27). The van der Waals surface area contributed by atoms with Crippen LogP contribution in [0.25, 0.3) is 0 Å². The van der Waals surface area contributed by atoms with Crippen LogP contribution in [0.5, 0.6) is 11.5 Å². The van der Waals surface area contributed by atoms with Crippen molar-refractivity contribution >= 4 is 17.7 Å². The largest absolute Gasteiger partial charge is 0.494 e. The van der Waals surface area contributed by atoms with Gasteiger partial charge in [-0.2, -0.15) is 0 Å². The van der Waals surface area contributed by atoms with Gasteiger partial charge in [0.05, 0.1) is 13.2 Å². The number of esters is 1. The highest BCUT2D eigenvalue weighted by atomic mass is 16.5. The summed E-state index contributed by atoms with van der Waals surface area (Å²) in [6.07, 6.45) is 0. The Balaban J connectivity index is 1.95. The van der Waals surface area contributed by atoms with E-state index in [2.05, 4.69) is 5.32 Å². The molecule has 1 N–H and O–H groups in total. The van der Waals surface area contributed by atoms with Crippen LogP contribution in [0.1, 0.15) is 48.4 Å². The predicted octanol–water partition coefficient (Wildman–Crippen LogP) is 3.66. The average Bonchev–Trinajstić information content (AvgIpc) is 2.76. The highest BCUT2D eigenvalue weighted by Gasteiger charge is 2.27. The van der Waals surface area contributed by atoms with Gasteiger partial charge in [0.1, 0.15) is 17.5 Å². The van der Waals surface area contributed by atoms with Gasteiger partial charge in [0, 0.05) is 11.1 Å². The summed E-state index contributed by atoms with van der Waals surface area (Å²) in [6.45, 7) is 7.98. The lowest BCUT2D eigenvalue weighted by molar-refractivity contribution is -0.145. The first-order valence-electron chi connectivity index (χ1n) is 10.3. The Morgan fingerprint density at radius 1 is 0.806 bits per heavy atom. The number of carbonyl (C=O) groups is 3. The van der Waals surface area contributed by atoms with E-state index in [0.717, 1.165) is 0 Å². The van der Waals surface area contributed by atoms with E-state index in [1.54, 1.807) is 62.4 Å². The number of amides is 1. The highest BCUT2D eigenvalue weighted by Crippen LogP contribution is 2.14. The van der Waals surface area contributed by atoms with Crippen LogP contribution in [0.15, 0.2) is 48.5 Å². The quantitative estimate of drug-likeness (QED) is 0.435. The topological polar surface area (TPSA) is 90.9 Å². The molecule has 1 atom stereocenters. The van der Waals surface area contributed by atoms with Crippen LogP contribution in [0.4, 0.5) is 0 Å². The molecule has 2 rings (SSSR count). The van der Waals surface area contributed by atoms with Crippen molar-refractivity contribution < 1.29 is 28.6 Å². The van der Waals surface area contributed by atoms with Crippen LogP contribution in [0, 0.1) is 5.92 Å². The van der Waals surface area contributed by atoms with Crippen LogP contribution >= 0.6 is 0 Å². The van der Waals surface area contributed by atoms with Crippen LogP contribution in [0.3, 0.4) is 0 Å². The lowest BCUT2D eigenvalue weighted by atomic mass is 10.0. The maximum Gasteiger partial charge on any atom is 0.329 e. The van der Waals surface area contributed by atoms with Crippen molar-refractivity contribution in [2.75, 3.05) is 19.8 Å². The molecule has 0 heterocycles. The second kappa shape index (κ2) is 11.7. The van der Waals surface area contributed by atoms with Crippen molar-refractivity contribution in [2.24, 2.45) is 5.92 Å². The number of rotatable bonds is 11. The van der Waals surface area contributed by atoms with Crippen molar-refractivity contribution in [1.29, 1.82) is 0 Å². The van der Waals surface area contributed by atoms with Gasteiger partial charge in [-0.05, 0) is 68.3 Å². The van der Waals surface area contributed by atoms with Gasteiger partial charge in [0.15, 0.2) is 12.4 Å².